The molecule has 0 aromatic carbocycles. The summed E-state index contributed by atoms with van der Waals surface area (Å²) in [5.74, 6) is 0. The zero-order valence-electron chi connectivity index (χ0n) is 8.16. The first-order valence-electron chi connectivity index (χ1n) is 4.67. The average molecular weight is 216 g/mol. The molecule has 1 aromatic heterocycles. The molecule has 78 valence electrons. The molecule has 0 unspecified atom stereocenters. The van der Waals surface area contributed by atoms with E-state index in [0.717, 1.165) is 19.3 Å². The van der Waals surface area contributed by atoms with Crippen molar-refractivity contribution in [2.75, 3.05) is 5.73 Å². The summed E-state index contributed by atoms with van der Waals surface area (Å²) >= 11 is 5.60. The SMILES string of the molecule is CCCCCn1cnc(Cl)c(N)c1=O. The zero-order valence-corrected chi connectivity index (χ0v) is 8.92. The van der Waals surface area contributed by atoms with Crippen LogP contribution in [0, 0.1) is 0 Å². The van der Waals surface area contributed by atoms with Crippen LogP contribution in [0.3, 0.4) is 0 Å². The van der Waals surface area contributed by atoms with Crippen LogP contribution < -0.4 is 11.3 Å². The molecule has 14 heavy (non-hydrogen) atoms. The van der Waals surface area contributed by atoms with E-state index in [2.05, 4.69) is 11.9 Å². The third-order valence-electron chi connectivity index (χ3n) is 2.03. The molecular formula is C9H14ClN3O. The molecule has 1 rings (SSSR count). The number of nitrogens with two attached hydrogens (primary N) is 1. The van der Waals surface area contributed by atoms with Crippen LogP contribution in [0.1, 0.15) is 26.2 Å². The highest BCUT2D eigenvalue weighted by Gasteiger charge is 2.04. The topological polar surface area (TPSA) is 60.9 Å². The molecule has 2 N–H and O–H groups in total. The van der Waals surface area contributed by atoms with Crippen molar-refractivity contribution in [3.05, 3.63) is 21.8 Å². The highest BCUT2D eigenvalue weighted by molar-refractivity contribution is 6.31. The molecule has 0 aliphatic heterocycles. The minimum atomic E-state index is -0.249. The molecule has 5 heteroatoms. The van der Waals surface area contributed by atoms with E-state index in [0.29, 0.717) is 6.54 Å². The summed E-state index contributed by atoms with van der Waals surface area (Å²) in [6, 6.07) is 0. The van der Waals surface area contributed by atoms with Gasteiger partial charge in [0.2, 0.25) is 0 Å². The lowest BCUT2D eigenvalue weighted by molar-refractivity contribution is 0.581. The van der Waals surface area contributed by atoms with Gasteiger partial charge in [-0.2, -0.15) is 0 Å². The number of anilines is 1. The number of halogens is 1. The number of aryl methyl sites for hydroxylation is 1. The summed E-state index contributed by atoms with van der Waals surface area (Å²) in [6.07, 6.45) is 4.61. The van der Waals surface area contributed by atoms with Crippen LogP contribution in [-0.2, 0) is 6.54 Å². The van der Waals surface area contributed by atoms with Crippen LogP contribution in [0.4, 0.5) is 5.69 Å². The summed E-state index contributed by atoms with van der Waals surface area (Å²) in [6.45, 7) is 2.76. The maximum Gasteiger partial charge on any atom is 0.278 e. The maximum atomic E-state index is 11.5. The van der Waals surface area contributed by atoms with Gasteiger partial charge in [-0.05, 0) is 6.42 Å². The van der Waals surface area contributed by atoms with Crippen molar-refractivity contribution in [1.29, 1.82) is 0 Å². The fourth-order valence-electron chi connectivity index (χ4n) is 1.18. The summed E-state index contributed by atoms with van der Waals surface area (Å²) in [7, 11) is 0. The molecular weight excluding hydrogens is 202 g/mol. The maximum absolute atomic E-state index is 11.5. The first-order valence-corrected chi connectivity index (χ1v) is 5.05. The second-order valence-electron chi connectivity index (χ2n) is 3.15. The molecule has 0 bridgehead atoms. The molecule has 0 saturated carbocycles. The van der Waals surface area contributed by atoms with E-state index in [1.807, 2.05) is 0 Å². The number of unbranched alkanes of at least 4 members (excludes halogenated alkanes) is 2. The second kappa shape index (κ2) is 5.00. The third-order valence-corrected chi connectivity index (χ3v) is 2.33. The first-order chi connectivity index (χ1) is 6.66. The zero-order chi connectivity index (χ0) is 10.6. The molecule has 1 heterocycles. The third kappa shape index (κ3) is 2.48. The van der Waals surface area contributed by atoms with Crippen molar-refractivity contribution in [2.24, 2.45) is 0 Å². The standard InChI is InChI=1S/C9H14ClN3O/c1-2-3-4-5-13-6-12-8(10)7(11)9(13)14/h6H,2-5,11H2,1H3. The van der Waals surface area contributed by atoms with Crippen LogP contribution >= 0.6 is 11.6 Å². The number of nitrogens with zero attached hydrogens (tertiary/aromatic N) is 2. The minimum absolute atomic E-state index is 0.0330. The van der Waals surface area contributed by atoms with Gasteiger partial charge in [0.1, 0.15) is 5.69 Å². The fourth-order valence-corrected chi connectivity index (χ4v) is 1.30. The Morgan fingerprint density at radius 2 is 2.29 bits per heavy atom. The quantitative estimate of drug-likeness (QED) is 0.614. The largest absolute Gasteiger partial charge is 0.392 e. The molecule has 1 aromatic rings. The van der Waals surface area contributed by atoms with Gasteiger partial charge >= 0.3 is 0 Å². The highest BCUT2D eigenvalue weighted by atomic mass is 35.5. The van der Waals surface area contributed by atoms with Crippen LogP contribution in [0.25, 0.3) is 0 Å². The van der Waals surface area contributed by atoms with Crippen LogP contribution in [0.5, 0.6) is 0 Å². The Bertz CT molecular complexity index is 362. The van der Waals surface area contributed by atoms with Gasteiger partial charge in [0.25, 0.3) is 5.56 Å². The van der Waals surface area contributed by atoms with Gasteiger partial charge in [-0.15, -0.1) is 0 Å². The Morgan fingerprint density at radius 1 is 1.57 bits per heavy atom. The van der Waals surface area contributed by atoms with Gasteiger partial charge in [0.15, 0.2) is 5.15 Å². The summed E-state index contributed by atoms with van der Waals surface area (Å²) in [5.41, 5.74) is 5.24. The molecule has 0 fully saturated rings. The molecule has 4 nitrogen and oxygen atoms in total. The van der Waals surface area contributed by atoms with E-state index < -0.39 is 0 Å². The molecule has 0 aliphatic carbocycles. The van der Waals surface area contributed by atoms with Crippen molar-refractivity contribution in [2.45, 2.75) is 32.7 Å². The Balaban J connectivity index is 2.79. The number of rotatable bonds is 4. The van der Waals surface area contributed by atoms with Crippen LogP contribution in [-0.4, -0.2) is 9.55 Å². The van der Waals surface area contributed by atoms with E-state index in [1.165, 1.54) is 10.9 Å². The van der Waals surface area contributed by atoms with Crippen molar-refractivity contribution in [3.8, 4) is 0 Å². The molecule has 0 radical (unpaired) electrons. The molecule has 0 spiro atoms. The van der Waals surface area contributed by atoms with E-state index in [-0.39, 0.29) is 16.4 Å². The minimum Gasteiger partial charge on any atom is -0.392 e. The Hall–Kier alpha value is -1.03. The average Bonchev–Trinajstić information content (AvgIpc) is 2.18. The van der Waals surface area contributed by atoms with Crippen molar-refractivity contribution < 1.29 is 0 Å². The van der Waals surface area contributed by atoms with Gasteiger partial charge < -0.3 is 5.73 Å². The predicted octanol–water partition coefficient (Wildman–Crippen LogP) is 1.67. The van der Waals surface area contributed by atoms with Crippen molar-refractivity contribution in [1.82, 2.24) is 9.55 Å². The Morgan fingerprint density at radius 3 is 2.93 bits per heavy atom. The molecule has 0 aliphatic rings. The summed E-state index contributed by atoms with van der Waals surface area (Å²) < 4.78 is 1.50. The van der Waals surface area contributed by atoms with Crippen molar-refractivity contribution >= 4 is 17.3 Å². The lowest BCUT2D eigenvalue weighted by Crippen LogP contribution is -2.23. The fraction of sp³-hybridized carbons (Fsp3) is 0.556. The van der Waals surface area contributed by atoms with Gasteiger partial charge in [0.05, 0.1) is 6.33 Å². The van der Waals surface area contributed by atoms with E-state index in [9.17, 15) is 4.79 Å². The van der Waals surface area contributed by atoms with Crippen LogP contribution in [0.2, 0.25) is 5.15 Å². The number of hydrogen-bond donors (Lipinski definition) is 1. The van der Waals surface area contributed by atoms with Gasteiger partial charge in [-0.1, -0.05) is 31.4 Å². The molecule has 0 atom stereocenters. The first kappa shape index (κ1) is 11.0. The smallest absolute Gasteiger partial charge is 0.278 e. The lowest BCUT2D eigenvalue weighted by atomic mass is 10.2. The second-order valence-corrected chi connectivity index (χ2v) is 3.51. The number of nitrogen functional groups attached to an aromatic ring is 1. The Kier molecular flexibility index (Phi) is 3.95. The lowest BCUT2D eigenvalue weighted by Gasteiger charge is -2.05. The summed E-state index contributed by atoms with van der Waals surface area (Å²) in [4.78, 5) is 15.3. The van der Waals surface area contributed by atoms with Gasteiger partial charge in [0, 0.05) is 6.54 Å². The number of aromatic nitrogens is 2. The highest BCUT2D eigenvalue weighted by Crippen LogP contribution is 2.08. The number of hydrogen-bond acceptors (Lipinski definition) is 3. The molecule has 0 saturated heterocycles. The van der Waals surface area contributed by atoms with E-state index >= 15 is 0 Å². The van der Waals surface area contributed by atoms with E-state index in [4.69, 9.17) is 17.3 Å². The normalized spacial score (nSPS) is 10.4. The van der Waals surface area contributed by atoms with Gasteiger partial charge in [-0.3, -0.25) is 9.36 Å². The van der Waals surface area contributed by atoms with Crippen molar-refractivity contribution in [3.63, 3.8) is 0 Å². The summed E-state index contributed by atoms with van der Waals surface area (Å²) in [5, 5.41) is 0.0849. The van der Waals surface area contributed by atoms with E-state index in [1.54, 1.807) is 0 Å². The van der Waals surface area contributed by atoms with Gasteiger partial charge in [-0.25, -0.2) is 4.98 Å². The molecule has 0 amide bonds. The van der Waals surface area contributed by atoms with Crippen LogP contribution in [0.15, 0.2) is 11.1 Å². The predicted molar refractivity (Wildman–Crippen MR) is 57.4 cm³/mol. The Labute approximate surface area is 87.7 Å². The monoisotopic (exact) mass is 215 g/mol.